The topological polar surface area (TPSA) is 53.5 Å². The first-order valence-corrected chi connectivity index (χ1v) is 8.55. The molecule has 0 aliphatic carbocycles. The summed E-state index contributed by atoms with van der Waals surface area (Å²) in [5.41, 5.74) is 1.33. The molecule has 0 unspecified atom stereocenters. The number of hydrogen-bond donors (Lipinski definition) is 0. The van der Waals surface area contributed by atoms with Crippen molar-refractivity contribution >= 4 is 17.9 Å². The molecule has 134 valence electrons. The van der Waals surface area contributed by atoms with Crippen molar-refractivity contribution in [1.82, 2.24) is 14.8 Å². The van der Waals surface area contributed by atoms with Gasteiger partial charge in [-0.3, -0.25) is 14.6 Å². The van der Waals surface area contributed by atoms with Crippen LogP contribution in [0.2, 0.25) is 0 Å². The number of carbonyl (C=O) groups excluding carboxylic acids is 2. The van der Waals surface area contributed by atoms with Gasteiger partial charge < -0.3 is 9.80 Å². The average Bonchev–Trinajstić information content (AvgIpc) is 2.94. The molecule has 0 radical (unpaired) electrons. The number of amides is 2. The van der Waals surface area contributed by atoms with Gasteiger partial charge in [-0.1, -0.05) is 12.1 Å². The van der Waals surface area contributed by atoms with Crippen LogP contribution in [-0.4, -0.2) is 52.8 Å². The van der Waals surface area contributed by atoms with E-state index in [4.69, 9.17) is 0 Å². The number of nitrogens with zero attached hydrogens (tertiary/aromatic N) is 3. The van der Waals surface area contributed by atoms with Crippen LogP contribution in [-0.2, 0) is 4.79 Å². The lowest BCUT2D eigenvalue weighted by atomic mass is 10.2. The first-order valence-electron chi connectivity index (χ1n) is 8.55. The molecule has 0 bridgehead atoms. The van der Waals surface area contributed by atoms with E-state index in [9.17, 15) is 14.0 Å². The van der Waals surface area contributed by atoms with Crippen LogP contribution < -0.4 is 0 Å². The normalized spacial score (nSPS) is 15.1. The fourth-order valence-electron chi connectivity index (χ4n) is 2.86. The molecule has 2 aromatic rings. The zero-order valence-electron chi connectivity index (χ0n) is 14.3. The number of rotatable bonds is 3. The Hall–Kier alpha value is -3.02. The van der Waals surface area contributed by atoms with E-state index < -0.39 is 0 Å². The van der Waals surface area contributed by atoms with Gasteiger partial charge >= 0.3 is 0 Å². The number of pyridine rings is 1. The lowest BCUT2D eigenvalue weighted by molar-refractivity contribution is -0.125. The molecular weight excluding hydrogens is 333 g/mol. The van der Waals surface area contributed by atoms with Crippen LogP contribution >= 0.6 is 0 Å². The van der Waals surface area contributed by atoms with Crippen LogP contribution in [0.25, 0.3) is 6.08 Å². The second-order valence-electron chi connectivity index (χ2n) is 6.10. The molecule has 1 aromatic carbocycles. The summed E-state index contributed by atoms with van der Waals surface area (Å²) < 4.78 is 12.9. The fourth-order valence-corrected chi connectivity index (χ4v) is 2.86. The molecular formula is C20H20FN3O2. The van der Waals surface area contributed by atoms with Crippen LogP contribution in [0.15, 0.2) is 54.9 Å². The smallest absolute Gasteiger partial charge is 0.255 e. The molecule has 26 heavy (non-hydrogen) atoms. The fraction of sp³-hybridized carbons (Fsp3) is 0.250. The molecule has 0 spiro atoms. The van der Waals surface area contributed by atoms with E-state index in [0.29, 0.717) is 31.7 Å². The maximum atomic E-state index is 12.9. The minimum absolute atomic E-state index is 0.0609. The van der Waals surface area contributed by atoms with Crippen molar-refractivity contribution < 1.29 is 14.0 Å². The standard InChI is InChI=1S/C20H20FN3O2/c21-18-7-4-16(5-8-18)6-9-19(25)23-11-2-12-24(14-13-23)20(26)17-3-1-10-22-15-17/h1,3-10,15H,2,11-14H2/b9-6+. The van der Waals surface area contributed by atoms with Gasteiger partial charge in [-0.2, -0.15) is 0 Å². The Bertz CT molecular complexity index is 790. The average molecular weight is 353 g/mol. The molecule has 1 aliphatic rings. The number of benzene rings is 1. The lowest BCUT2D eigenvalue weighted by Crippen LogP contribution is -2.36. The largest absolute Gasteiger partial charge is 0.337 e. The van der Waals surface area contributed by atoms with Gasteiger partial charge in [-0.05, 0) is 42.3 Å². The van der Waals surface area contributed by atoms with Crippen molar-refractivity contribution in [2.24, 2.45) is 0 Å². The van der Waals surface area contributed by atoms with Crippen molar-refractivity contribution in [3.63, 3.8) is 0 Å². The Labute approximate surface area is 151 Å². The Morgan fingerprint density at radius 2 is 1.73 bits per heavy atom. The lowest BCUT2D eigenvalue weighted by Gasteiger charge is -2.21. The summed E-state index contributed by atoms with van der Waals surface area (Å²) in [6.45, 7) is 2.19. The highest BCUT2D eigenvalue weighted by molar-refractivity contribution is 5.94. The Kier molecular flexibility index (Phi) is 5.73. The highest BCUT2D eigenvalue weighted by Gasteiger charge is 2.21. The van der Waals surface area contributed by atoms with Gasteiger partial charge in [0, 0.05) is 44.6 Å². The summed E-state index contributed by atoms with van der Waals surface area (Å²) in [5.74, 6) is -0.473. The van der Waals surface area contributed by atoms with E-state index >= 15 is 0 Å². The minimum Gasteiger partial charge on any atom is -0.337 e. The molecule has 1 aromatic heterocycles. The molecule has 1 fully saturated rings. The van der Waals surface area contributed by atoms with Crippen LogP contribution in [0.5, 0.6) is 0 Å². The summed E-state index contributed by atoms with van der Waals surface area (Å²) in [5, 5.41) is 0. The number of aromatic nitrogens is 1. The SMILES string of the molecule is O=C(/C=C/c1ccc(F)cc1)N1CCCN(C(=O)c2cccnc2)CC1. The van der Waals surface area contributed by atoms with Crippen molar-refractivity contribution in [3.8, 4) is 0 Å². The van der Waals surface area contributed by atoms with E-state index in [2.05, 4.69) is 4.98 Å². The Morgan fingerprint density at radius 1 is 1.00 bits per heavy atom. The number of hydrogen-bond acceptors (Lipinski definition) is 3. The predicted octanol–water partition coefficient (Wildman–Crippen LogP) is 2.61. The third kappa shape index (κ3) is 4.53. The molecule has 6 heteroatoms. The molecule has 0 atom stereocenters. The van der Waals surface area contributed by atoms with Gasteiger partial charge in [0.25, 0.3) is 5.91 Å². The molecule has 0 N–H and O–H groups in total. The van der Waals surface area contributed by atoms with Crippen molar-refractivity contribution in [2.75, 3.05) is 26.2 Å². The van der Waals surface area contributed by atoms with Crippen LogP contribution in [0, 0.1) is 5.82 Å². The summed E-state index contributed by atoms with van der Waals surface area (Å²) in [6, 6.07) is 9.44. The van der Waals surface area contributed by atoms with Gasteiger partial charge in [-0.15, -0.1) is 0 Å². The molecule has 5 nitrogen and oxygen atoms in total. The number of halogens is 1. The minimum atomic E-state index is -0.306. The van der Waals surface area contributed by atoms with Crippen LogP contribution in [0.3, 0.4) is 0 Å². The third-order valence-electron chi connectivity index (χ3n) is 4.29. The number of carbonyl (C=O) groups is 2. The van der Waals surface area contributed by atoms with Crippen molar-refractivity contribution in [3.05, 3.63) is 71.8 Å². The molecule has 3 rings (SSSR count). The predicted molar refractivity (Wildman–Crippen MR) is 96.8 cm³/mol. The summed E-state index contributed by atoms with van der Waals surface area (Å²) in [4.78, 5) is 32.4. The summed E-state index contributed by atoms with van der Waals surface area (Å²) in [7, 11) is 0. The highest BCUT2D eigenvalue weighted by atomic mass is 19.1. The van der Waals surface area contributed by atoms with Gasteiger partial charge in [0.05, 0.1) is 5.56 Å². The monoisotopic (exact) mass is 353 g/mol. The molecule has 1 aliphatic heterocycles. The zero-order valence-corrected chi connectivity index (χ0v) is 14.3. The van der Waals surface area contributed by atoms with Crippen LogP contribution in [0.4, 0.5) is 4.39 Å². The highest BCUT2D eigenvalue weighted by Crippen LogP contribution is 2.10. The van der Waals surface area contributed by atoms with E-state index in [1.54, 1.807) is 52.5 Å². The molecule has 2 heterocycles. The zero-order chi connectivity index (χ0) is 18.4. The molecule has 2 amide bonds. The van der Waals surface area contributed by atoms with Gasteiger partial charge in [0.1, 0.15) is 5.82 Å². The quantitative estimate of drug-likeness (QED) is 0.797. The maximum Gasteiger partial charge on any atom is 0.255 e. The molecule has 1 saturated heterocycles. The van der Waals surface area contributed by atoms with Crippen molar-refractivity contribution in [1.29, 1.82) is 0 Å². The van der Waals surface area contributed by atoms with E-state index in [0.717, 1.165) is 12.0 Å². The molecule has 0 saturated carbocycles. The van der Waals surface area contributed by atoms with Gasteiger partial charge in [0.15, 0.2) is 0 Å². The first-order chi connectivity index (χ1) is 12.6. The van der Waals surface area contributed by atoms with E-state index in [1.807, 2.05) is 0 Å². The summed E-state index contributed by atoms with van der Waals surface area (Å²) >= 11 is 0. The second kappa shape index (κ2) is 8.38. The van der Waals surface area contributed by atoms with Gasteiger partial charge in [0.2, 0.25) is 5.91 Å². The van der Waals surface area contributed by atoms with Crippen LogP contribution in [0.1, 0.15) is 22.3 Å². The summed E-state index contributed by atoms with van der Waals surface area (Å²) in [6.07, 6.45) is 7.08. The van der Waals surface area contributed by atoms with Gasteiger partial charge in [-0.25, -0.2) is 4.39 Å². The van der Waals surface area contributed by atoms with E-state index in [-0.39, 0.29) is 17.6 Å². The third-order valence-corrected chi connectivity index (χ3v) is 4.29. The van der Waals surface area contributed by atoms with E-state index in [1.165, 1.54) is 18.2 Å². The maximum absolute atomic E-state index is 12.9. The Balaban J connectivity index is 1.58. The second-order valence-corrected chi connectivity index (χ2v) is 6.10. The Morgan fingerprint density at radius 3 is 2.46 bits per heavy atom. The first kappa shape index (κ1) is 17.8. The van der Waals surface area contributed by atoms with Crippen molar-refractivity contribution in [2.45, 2.75) is 6.42 Å².